The summed E-state index contributed by atoms with van der Waals surface area (Å²) in [5, 5.41) is 1.09. The number of nitrogens with zero attached hydrogens (tertiary/aromatic N) is 2. The monoisotopic (exact) mass is 474 g/mol. The molecule has 1 atom stereocenters. The van der Waals surface area contributed by atoms with Crippen molar-refractivity contribution in [2.45, 2.75) is 58.1 Å². The first-order chi connectivity index (χ1) is 16.3. The average molecular weight is 475 g/mol. The molecule has 2 aromatic carbocycles. The van der Waals surface area contributed by atoms with Crippen LogP contribution in [0.4, 0.5) is 13.2 Å². The van der Waals surface area contributed by atoms with Gasteiger partial charge in [0.1, 0.15) is 5.75 Å². The zero-order chi connectivity index (χ0) is 24.3. The zero-order valence-corrected chi connectivity index (χ0v) is 19.6. The van der Waals surface area contributed by atoms with Crippen molar-refractivity contribution in [1.29, 1.82) is 0 Å². The Kier molecular flexibility index (Phi) is 7.50. The number of hydrogen-bond donors (Lipinski definition) is 2. The fraction of sp³-hybridized carbons (Fsp3) is 0.462. The molecule has 3 aromatic rings. The third-order valence-corrected chi connectivity index (χ3v) is 6.48. The van der Waals surface area contributed by atoms with Crippen molar-refractivity contribution in [3.05, 3.63) is 53.7 Å². The number of rotatable bonds is 8. The lowest BCUT2D eigenvalue weighted by atomic mass is 9.96. The van der Waals surface area contributed by atoms with E-state index in [1.807, 2.05) is 6.92 Å². The Morgan fingerprint density at radius 1 is 1.12 bits per heavy atom. The van der Waals surface area contributed by atoms with Gasteiger partial charge in [-0.15, -0.1) is 13.2 Å². The van der Waals surface area contributed by atoms with Gasteiger partial charge in [0.05, 0.1) is 0 Å². The Morgan fingerprint density at radius 2 is 1.94 bits per heavy atom. The summed E-state index contributed by atoms with van der Waals surface area (Å²) in [6, 6.07) is 11.3. The SMILES string of the molecule is CCc1cc(OC(F)(F)F)ccc1-c1cn(CCCN)c2ccc(CN3CCCC(N)C3)cc12. The van der Waals surface area contributed by atoms with Crippen LogP contribution in [0.2, 0.25) is 0 Å². The summed E-state index contributed by atoms with van der Waals surface area (Å²) in [6.07, 6.45) is 0.991. The Morgan fingerprint density at radius 3 is 2.65 bits per heavy atom. The molecule has 0 spiro atoms. The van der Waals surface area contributed by atoms with Crippen LogP contribution in [0.3, 0.4) is 0 Å². The maximum atomic E-state index is 12.7. The van der Waals surface area contributed by atoms with Gasteiger partial charge in [-0.1, -0.05) is 19.1 Å². The average Bonchev–Trinajstić information content (AvgIpc) is 3.14. The minimum Gasteiger partial charge on any atom is -0.406 e. The van der Waals surface area contributed by atoms with E-state index in [1.54, 1.807) is 6.07 Å². The number of aromatic nitrogens is 1. The van der Waals surface area contributed by atoms with Crippen molar-refractivity contribution in [2.24, 2.45) is 11.5 Å². The minimum atomic E-state index is -4.71. The zero-order valence-electron chi connectivity index (χ0n) is 19.6. The summed E-state index contributed by atoms with van der Waals surface area (Å²) in [5.74, 6) is -0.193. The molecule has 5 nitrogen and oxygen atoms in total. The predicted molar refractivity (Wildman–Crippen MR) is 130 cm³/mol. The molecular weight excluding hydrogens is 441 g/mol. The summed E-state index contributed by atoms with van der Waals surface area (Å²) in [7, 11) is 0. The minimum absolute atomic E-state index is 0.193. The predicted octanol–water partition coefficient (Wildman–Crippen LogP) is 5.04. The molecule has 4 rings (SSSR count). The van der Waals surface area contributed by atoms with Crippen LogP contribution in [0.25, 0.3) is 22.0 Å². The van der Waals surface area contributed by atoms with Crippen LogP contribution in [0.1, 0.15) is 37.3 Å². The molecule has 184 valence electrons. The van der Waals surface area contributed by atoms with E-state index in [4.69, 9.17) is 11.5 Å². The Labute approximate surface area is 198 Å². The van der Waals surface area contributed by atoms with Crippen LogP contribution >= 0.6 is 0 Å². The molecule has 8 heteroatoms. The van der Waals surface area contributed by atoms with Gasteiger partial charge in [-0.05, 0) is 79.7 Å². The normalized spacial score (nSPS) is 17.4. The van der Waals surface area contributed by atoms with Crippen LogP contribution in [0.5, 0.6) is 5.75 Å². The lowest BCUT2D eigenvalue weighted by molar-refractivity contribution is -0.274. The highest BCUT2D eigenvalue weighted by Crippen LogP contribution is 2.36. The number of fused-ring (bicyclic) bond motifs is 1. The molecule has 1 saturated heterocycles. The molecule has 1 unspecified atom stereocenters. The van der Waals surface area contributed by atoms with Crippen molar-refractivity contribution >= 4 is 10.9 Å². The summed E-state index contributed by atoms with van der Waals surface area (Å²) < 4.78 is 44.6. The second-order valence-electron chi connectivity index (χ2n) is 9.09. The second kappa shape index (κ2) is 10.4. The van der Waals surface area contributed by atoms with Gasteiger partial charge < -0.3 is 20.8 Å². The fourth-order valence-corrected chi connectivity index (χ4v) is 4.92. The molecule has 4 N–H and O–H groups in total. The largest absolute Gasteiger partial charge is 0.573 e. The topological polar surface area (TPSA) is 69.4 Å². The van der Waals surface area contributed by atoms with Gasteiger partial charge in [0.2, 0.25) is 0 Å². The fourth-order valence-electron chi connectivity index (χ4n) is 4.92. The molecule has 0 aliphatic carbocycles. The van der Waals surface area contributed by atoms with Crippen LogP contribution in [0.15, 0.2) is 42.6 Å². The van der Waals surface area contributed by atoms with E-state index in [0.717, 1.165) is 73.0 Å². The number of piperidine rings is 1. The van der Waals surface area contributed by atoms with Crippen molar-refractivity contribution in [3.63, 3.8) is 0 Å². The van der Waals surface area contributed by atoms with Gasteiger partial charge in [0, 0.05) is 48.3 Å². The van der Waals surface area contributed by atoms with Gasteiger partial charge >= 0.3 is 6.36 Å². The highest BCUT2D eigenvalue weighted by atomic mass is 19.4. The van der Waals surface area contributed by atoms with Gasteiger partial charge in [-0.2, -0.15) is 0 Å². The maximum absolute atomic E-state index is 12.7. The smallest absolute Gasteiger partial charge is 0.406 e. The number of benzene rings is 2. The lowest BCUT2D eigenvalue weighted by Gasteiger charge is -2.30. The summed E-state index contributed by atoms with van der Waals surface area (Å²) >= 11 is 0. The van der Waals surface area contributed by atoms with Crippen molar-refractivity contribution in [1.82, 2.24) is 9.47 Å². The third kappa shape index (κ3) is 5.74. The van der Waals surface area contributed by atoms with Gasteiger partial charge in [0.25, 0.3) is 0 Å². The van der Waals surface area contributed by atoms with Crippen LogP contribution in [-0.2, 0) is 19.5 Å². The first kappa shape index (κ1) is 24.6. The molecule has 2 heterocycles. The van der Waals surface area contributed by atoms with E-state index >= 15 is 0 Å². The molecular formula is C26H33F3N4O. The van der Waals surface area contributed by atoms with E-state index in [-0.39, 0.29) is 11.8 Å². The van der Waals surface area contributed by atoms with E-state index in [9.17, 15) is 13.2 Å². The number of ether oxygens (including phenoxy) is 1. The van der Waals surface area contributed by atoms with Crippen molar-refractivity contribution in [3.8, 4) is 16.9 Å². The molecule has 0 amide bonds. The van der Waals surface area contributed by atoms with E-state index in [2.05, 4.69) is 38.6 Å². The summed E-state index contributed by atoms with van der Waals surface area (Å²) in [4.78, 5) is 2.39. The number of hydrogen-bond acceptors (Lipinski definition) is 4. The number of aryl methyl sites for hydroxylation is 2. The molecule has 0 bridgehead atoms. The quantitative estimate of drug-likeness (QED) is 0.480. The first-order valence-corrected chi connectivity index (χ1v) is 12.0. The molecule has 1 fully saturated rings. The van der Waals surface area contributed by atoms with Crippen molar-refractivity contribution < 1.29 is 17.9 Å². The molecule has 1 aliphatic rings. The summed E-state index contributed by atoms with van der Waals surface area (Å²) in [6.45, 7) is 6.07. The van der Waals surface area contributed by atoms with Crippen LogP contribution in [-0.4, -0.2) is 41.5 Å². The molecule has 0 radical (unpaired) electrons. The molecule has 1 aliphatic heterocycles. The van der Waals surface area contributed by atoms with E-state index < -0.39 is 6.36 Å². The van der Waals surface area contributed by atoms with Gasteiger partial charge in [0.15, 0.2) is 0 Å². The Balaban J connectivity index is 1.74. The van der Waals surface area contributed by atoms with E-state index in [0.29, 0.717) is 13.0 Å². The molecule has 34 heavy (non-hydrogen) atoms. The maximum Gasteiger partial charge on any atom is 0.573 e. The van der Waals surface area contributed by atoms with Crippen molar-refractivity contribution in [2.75, 3.05) is 19.6 Å². The number of likely N-dealkylation sites (tertiary alicyclic amines) is 1. The standard InChI is InChI=1S/C26H33F3N4O/c1-2-19-14-21(34-26(27,28)29)7-8-22(19)24-17-33(12-4-10-30)25-9-6-18(13-23(24)25)15-32-11-3-5-20(31)16-32/h6-9,13-14,17,20H,2-5,10-12,15-16,30-31H2,1H3. The first-order valence-electron chi connectivity index (χ1n) is 12.0. The summed E-state index contributed by atoms with van der Waals surface area (Å²) in [5.41, 5.74) is 17.0. The number of alkyl halides is 3. The Hall–Kier alpha value is -2.55. The van der Waals surface area contributed by atoms with E-state index in [1.165, 1.54) is 17.7 Å². The second-order valence-corrected chi connectivity index (χ2v) is 9.09. The highest BCUT2D eigenvalue weighted by Gasteiger charge is 2.31. The molecule has 0 saturated carbocycles. The van der Waals surface area contributed by atoms with Crippen LogP contribution in [0, 0.1) is 0 Å². The van der Waals surface area contributed by atoms with Gasteiger partial charge in [-0.3, -0.25) is 4.90 Å². The van der Waals surface area contributed by atoms with Gasteiger partial charge in [-0.25, -0.2) is 0 Å². The third-order valence-electron chi connectivity index (χ3n) is 6.48. The number of halogens is 3. The Bertz CT molecular complexity index is 1130. The lowest BCUT2D eigenvalue weighted by Crippen LogP contribution is -2.42. The highest BCUT2D eigenvalue weighted by molar-refractivity contribution is 5.97. The molecule has 1 aromatic heterocycles. The number of nitrogens with two attached hydrogens (primary N) is 2. The van der Waals surface area contributed by atoms with Crippen LogP contribution < -0.4 is 16.2 Å².